The Balaban J connectivity index is 1.92. The van der Waals surface area contributed by atoms with Crippen LogP contribution in [0.25, 0.3) is 11.2 Å². The first-order chi connectivity index (χ1) is 14.5. The fraction of sp³-hybridized carbons (Fsp3) is 0.300. The molecule has 0 amide bonds. The number of fused-ring (bicyclic) bond motifs is 1. The number of halogens is 2. The zero-order chi connectivity index (χ0) is 21.3. The van der Waals surface area contributed by atoms with E-state index < -0.39 is 12.0 Å². The minimum atomic E-state index is -0.926. The van der Waals surface area contributed by atoms with Crippen molar-refractivity contribution in [2.24, 2.45) is 0 Å². The number of carbonyl (C=O) groups excluding carboxylic acids is 1. The molecule has 10 heteroatoms. The molecule has 0 saturated carbocycles. The molecule has 0 spiro atoms. The van der Waals surface area contributed by atoms with E-state index in [2.05, 4.69) is 32.6 Å². The van der Waals surface area contributed by atoms with Crippen LogP contribution in [0.1, 0.15) is 37.1 Å². The van der Waals surface area contributed by atoms with Gasteiger partial charge in [0.05, 0.1) is 0 Å². The van der Waals surface area contributed by atoms with E-state index in [9.17, 15) is 9.18 Å². The number of ketones is 1. The monoisotopic (exact) mass is 523 g/mol. The lowest BCUT2D eigenvalue weighted by Crippen LogP contribution is -2.15. The summed E-state index contributed by atoms with van der Waals surface area (Å²) in [5.74, 6) is 0.763. The zero-order valence-electron chi connectivity index (χ0n) is 16.1. The molecule has 3 heterocycles. The average molecular weight is 523 g/mol. The quantitative estimate of drug-likeness (QED) is 0.374. The molecular weight excluding hydrogens is 504 g/mol. The lowest BCUT2D eigenvalue weighted by atomic mass is 9.96. The zero-order valence-corrected chi connectivity index (χ0v) is 18.3. The minimum Gasteiger partial charge on any atom is -0.462 e. The molecule has 1 atom stereocenters. The van der Waals surface area contributed by atoms with Gasteiger partial charge in [-0.05, 0) is 47.6 Å². The number of benzene rings is 1. The van der Waals surface area contributed by atoms with Crippen molar-refractivity contribution in [3.63, 3.8) is 0 Å². The van der Waals surface area contributed by atoms with Crippen LogP contribution in [-0.4, -0.2) is 32.1 Å². The van der Waals surface area contributed by atoms with Crippen molar-refractivity contribution in [2.45, 2.75) is 32.2 Å². The number of nitrogen functional groups attached to an aromatic ring is 1. The summed E-state index contributed by atoms with van der Waals surface area (Å²) in [4.78, 5) is 23.7. The summed E-state index contributed by atoms with van der Waals surface area (Å²) in [7, 11) is 0. The van der Waals surface area contributed by atoms with Gasteiger partial charge in [-0.25, -0.2) is 4.98 Å². The summed E-state index contributed by atoms with van der Waals surface area (Å²) in [6.45, 7) is 2.06. The van der Waals surface area contributed by atoms with Crippen molar-refractivity contribution in [2.75, 3.05) is 12.5 Å². The maximum Gasteiger partial charge on any atom is 0.312 e. The first kappa shape index (κ1) is 20.5. The largest absolute Gasteiger partial charge is 0.462 e. The molecule has 4 rings (SSSR count). The van der Waals surface area contributed by atoms with Crippen LogP contribution in [0.2, 0.25) is 0 Å². The van der Waals surface area contributed by atoms with Gasteiger partial charge in [-0.15, -0.1) is 0 Å². The highest BCUT2D eigenvalue weighted by atomic mass is 127. The standard InChI is InChI=1S/C20H19FIN5O3/c1-11(28)5-4-8-27-18(24-16-17(23)25-20(21)26-19(16)27)15(14-9-29-10-30-14)12-6-2-3-7-13(12)22/h2-3,6-7,9,15H,4-5,8,10H2,1H3,(H2,23,25,26). The lowest BCUT2D eigenvalue weighted by molar-refractivity contribution is -0.117. The highest BCUT2D eigenvalue weighted by molar-refractivity contribution is 14.1. The number of hydrogen-bond acceptors (Lipinski definition) is 7. The molecule has 1 aliphatic rings. The topological polar surface area (TPSA) is 105 Å². The molecule has 0 saturated heterocycles. The Kier molecular flexibility index (Phi) is 5.84. The Morgan fingerprint density at radius 1 is 1.33 bits per heavy atom. The molecule has 0 radical (unpaired) electrons. The average Bonchev–Trinajstić information content (AvgIpc) is 3.33. The molecule has 0 aliphatic carbocycles. The normalized spacial score (nSPS) is 14.3. The SMILES string of the molecule is CC(=O)CCCn1c(C(C2=COCO2)c2ccccc2I)nc2c(N)nc(F)nc21. The molecule has 0 fully saturated rings. The van der Waals surface area contributed by atoms with Gasteiger partial charge >= 0.3 is 6.08 Å². The van der Waals surface area contributed by atoms with Gasteiger partial charge in [0.15, 0.2) is 17.0 Å². The summed E-state index contributed by atoms with van der Waals surface area (Å²) in [6, 6.07) is 7.83. The Hall–Kier alpha value is -2.76. The van der Waals surface area contributed by atoms with Crippen molar-refractivity contribution >= 4 is 45.4 Å². The third kappa shape index (κ3) is 3.95. The van der Waals surface area contributed by atoms with E-state index in [1.165, 1.54) is 6.92 Å². The fourth-order valence-corrected chi connectivity index (χ4v) is 4.17. The number of ether oxygens (including phenoxy) is 2. The minimum absolute atomic E-state index is 0.0388. The maximum absolute atomic E-state index is 14.0. The molecular formula is C20H19FIN5O3. The van der Waals surface area contributed by atoms with E-state index in [1.807, 2.05) is 24.3 Å². The van der Waals surface area contributed by atoms with Crippen molar-refractivity contribution in [3.05, 3.63) is 57.3 Å². The van der Waals surface area contributed by atoms with Crippen molar-refractivity contribution < 1.29 is 18.7 Å². The third-order valence-corrected chi connectivity index (χ3v) is 5.77. The van der Waals surface area contributed by atoms with Gasteiger partial charge < -0.3 is 24.6 Å². The molecule has 1 unspecified atom stereocenters. The lowest BCUT2D eigenvalue weighted by Gasteiger charge is -2.20. The van der Waals surface area contributed by atoms with Gasteiger partial charge in [0.2, 0.25) is 6.79 Å². The number of nitrogens with zero attached hydrogens (tertiary/aromatic N) is 4. The molecule has 2 N–H and O–H groups in total. The molecule has 1 aliphatic heterocycles. The Morgan fingerprint density at radius 2 is 2.13 bits per heavy atom. The van der Waals surface area contributed by atoms with Gasteiger partial charge in [0.1, 0.15) is 29.5 Å². The first-order valence-electron chi connectivity index (χ1n) is 9.33. The van der Waals surface area contributed by atoms with Crippen molar-refractivity contribution in [3.8, 4) is 0 Å². The number of aryl methyl sites for hydroxylation is 1. The highest BCUT2D eigenvalue weighted by Crippen LogP contribution is 2.38. The van der Waals surface area contributed by atoms with Crippen LogP contribution in [0.3, 0.4) is 0 Å². The van der Waals surface area contributed by atoms with Gasteiger partial charge in [-0.3, -0.25) is 0 Å². The van der Waals surface area contributed by atoms with E-state index in [4.69, 9.17) is 20.2 Å². The molecule has 0 bridgehead atoms. The molecule has 3 aromatic rings. The summed E-state index contributed by atoms with van der Waals surface area (Å²) < 4.78 is 27.8. The van der Waals surface area contributed by atoms with Crippen LogP contribution in [-0.2, 0) is 20.8 Å². The van der Waals surface area contributed by atoms with Crippen LogP contribution in [0.4, 0.5) is 10.2 Å². The van der Waals surface area contributed by atoms with Crippen LogP contribution in [0.15, 0.2) is 36.3 Å². The third-order valence-electron chi connectivity index (χ3n) is 4.79. The summed E-state index contributed by atoms with van der Waals surface area (Å²) in [5.41, 5.74) is 7.49. The number of nitrogens with two attached hydrogens (primary N) is 1. The second-order valence-corrected chi connectivity index (χ2v) is 8.04. The second kappa shape index (κ2) is 8.54. The number of imidazole rings is 1. The number of allylic oxidation sites excluding steroid dienone is 1. The van der Waals surface area contributed by atoms with Crippen LogP contribution < -0.4 is 5.73 Å². The Labute approximate surface area is 185 Å². The Morgan fingerprint density at radius 3 is 2.83 bits per heavy atom. The molecule has 1 aromatic carbocycles. The van der Waals surface area contributed by atoms with Gasteiger partial charge in [-0.2, -0.15) is 14.4 Å². The second-order valence-electron chi connectivity index (χ2n) is 6.88. The summed E-state index contributed by atoms with van der Waals surface area (Å²) in [5, 5.41) is 0. The van der Waals surface area contributed by atoms with E-state index in [1.54, 1.807) is 10.8 Å². The molecule has 8 nitrogen and oxygen atoms in total. The number of rotatable bonds is 7. The smallest absolute Gasteiger partial charge is 0.312 e. The fourth-order valence-electron chi connectivity index (χ4n) is 3.47. The number of Topliss-reactive ketones (excluding diaryl/α,β-unsaturated/α-hetero) is 1. The number of hydrogen-bond donors (Lipinski definition) is 1. The van der Waals surface area contributed by atoms with E-state index in [0.717, 1.165) is 9.13 Å². The number of aromatic nitrogens is 4. The highest BCUT2D eigenvalue weighted by Gasteiger charge is 2.32. The van der Waals surface area contributed by atoms with Crippen LogP contribution >= 0.6 is 22.6 Å². The van der Waals surface area contributed by atoms with E-state index in [-0.39, 0.29) is 24.0 Å². The van der Waals surface area contributed by atoms with Gasteiger partial charge in [-0.1, -0.05) is 18.2 Å². The van der Waals surface area contributed by atoms with Gasteiger partial charge in [0.25, 0.3) is 0 Å². The molecule has 30 heavy (non-hydrogen) atoms. The summed E-state index contributed by atoms with van der Waals surface area (Å²) >= 11 is 2.25. The van der Waals surface area contributed by atoms with Crippen LogP contribution in [0, 0.1) is 9.65 Å². The molecule has 156 valence electrons. The molecule has 2 aromatic heterocycles. The van der Waals surface area contributed by atoms with Crippen molar-refractivity contribution in [1.29, 1.82) is 0 Å². The first-order valence-corrected chi connectivity index (χ1v) is 10.4. The number of anilines is 1. The predicted molar refractivity (Wildman–Crippen MR) is 116 cm³/mol. The van der Waals surface area contributed by atoms with Gasteiger partial charge in [0, 0.05) is 16.5 Å². The van der Waals surface area contributed by atoms with Crippen LogP contribution in [0.5, 0.6) is 0 Å². The summed E-state index contributed by atoms with van der Waals surface area (Å²) in [6.07, 6.45) is 1.57. The maximum atomic E-state index is 14.0. The van der Waals surface area contributed by atoms with E-state index in [0.29, 0.717) is 36.5 Å². The number of carbonyl (C=O) groups is 1. The van der Waals surface area contributed by atoms with E-state index >= 15 is 0 Å². The predicted octanol–water partition coefficient (Wildman–Crippen LogP) is 3.50. The Bertz CT molecular complexity index is 1150. The van der Waals surface area contributed by atoms with Crippen molar-refractivity contribution in [1.82, 2.24) is 19.5 Å².